The monoisotopic (exact) mass is 398 g/mol. The van der Waals surface area contributed by atoms with Crippen LogP contribution >= 0.6 is 0 Å². The molecule has 0 atom stereocenters. The van der Waals surface area contributed by atoms with Gasteiger partial charge in [0.1, 0.15) is 12.4 Å². The van der Waals surface area contributed by atoms with E-state index in [-0.39, 0.29) is 17.1 Å². The normalized spacial score (nSPS) is 10.9. The minimum Gasteiger partial charge on any atom is -0.487 e. The zero-order chi connectivity index (χ0) is 20.0. The summed E-state index contributed by atoms with van der Waals surface area (Å²) in [4.78, 5) is 15.7. The summed E-state index contributed by atoms with van der Waals surface area (Å²) in [7, 11) is -2.65. The van der Waals surface area contributed by atoms with Gasteiger partial charge < -0.3 is 9.47 Å². The Morgan fingerprint density at radius 1 is 1.04 bits per heavy atom. The summed E-state index contributed by atoms with van der Waals surface area (Å²) < 4.78 is 38.0. The largest absolute Gasteiger partial charge is 0.487 e. The van der Waals surface area contributed by atoms with E-state index in [4.69, 9.17) is 4.74 Å². The van der Waals surface area contributed by atoms with Gasteiger partial charge in [-0.15, -0.1) is 0 Å². The van der Waals surface area contributed by atoms with Crippen molar-refractivity contribution < 1.29 is 22.7 Å². The number of sulfonamides is 1. The molecule has 1 aromatic heterocycles. The van der Waals surface area contributed by atoms with E-state index in [0.717, 1.165) is 5.69 Å². The lowest BCUT2D eigenvalue weighted by Crippen LogP contribution is -2.14. The first kappa shape index (κ1) is 19.4. The van der Waals surface area contributed by atoms with Crippen LogP contribution in [0.5, 0.6) is 5.75 Å². The van der Waals surface area contributed by atoms with Crippen LogP contribution in [0, 0.1) is 0 Å². The van der Waals surface area contributed by atoms with Crippen LogP contribution in [0.4, 0.5) is 5.69 Å². The molecule has 0 radical (unpaired) electrons. The maximum absolute atomic E-state index is 12.6. The second-order valence-electron chi connectivity index (χ2n) is 5.76. The second-order valence-corrected chi connectivity index (χ2v) is 7.44. The standard InChI is InChI=1S/C20H18N2O5S/c1-26-20(23)15-6-4-10-19(12-15)28(24,25)22-16-8-5-9-18(13-16)27-14-17-7-2-3-11-21-17/h2-13,22H,14H2,1H3. The lowest BCUT2D eigenvalue weighted by atomic mass is 10.2. The third kappa shape index (κ3) is 4.86. The predicted octanol–water partition coefficient (Wildman–Crippen LogP) is 3.25. The number of esters is 1. The van der Waals surface area contributed by atoms with E-state index < -0.39 is 16.0 Å². The zero-order valence-electron chi connectivity index (χ0n) is 15.0. The molecule has 0 unspecified atom stereocenters. The van der Waals surface area contributed by atoms with Gasteiger partial charge in [-0.3, -0.25) is 9.71 Å². The number of pyridine rings is 1. The third-order valence-corrected chi connectivity index (χ3v) is 5.14. The molecule has 0 amide bonds. The van der Waals surface area contributed by atoms with E-state index in [1.165, 1.54) is 31.4 Å². The van der Waals surface area contributed by atoms with Crippen molar-refractivity contribution in [2.75, 3.05) is 11.8 Å². The molecule has 0 aliphatic heterocycles. The van der Waals surface area contributed by atoms with Gasteiger partial charge in [0.25, 0.3) is 10.0 Å². The number of benzene rings is 2. The van der Waals surface area contributed by atoms with Crippen LogP contribution in [0.2, 0.25) is 0 Å². The van der Waals surface area contributed by atoms with Gasteiger partial charge in [-0.05, 0) is 42.5 Å². The van der Waals surface area contributed by atoms with E-state index in [9.17, 15) is 13.2 Å². The van der Waals surface area contributed by atoms with Gasteiger partial charge >= 0.3 is 5.97 Å². The molecule has 28 heavy (non-hydrogen) atoms. The fourth-order valence-corrected chi connectivity index (χ4v) is 3.51. The maximum atomic E-state index is 12.6. The van der Waals surface area contributed by atoms with Crippen molar-refractivity contribution >= 4 is 21.7 Å². The Balaban J connectivity index is 1.75. The topological polar surface area (TPSA) is 94.6 Å². The molecular weight excluding hydrogens is 380 g/mol. The Morgan fingerprint density at radius 2 is 1.86 bits per heavy atom. The van der Waals surface area contributed by atoms with E-state index in [2.05, 4.69) is 14.4 Å². The van der Waals surface area contributed by atoms with E-state index in [0.29, 0.717) is 11.4 Å². The number of anilines is 1. The molecule has 2 aromatic carbocycles. The van der Waals surface area contributed by atoms with Gasteiger partial charge in [-0.1, -0.05) is 18.2 Å². The van der Waals surface area contributed by atoms with Crippen molar-refractivity contribution in [3.8, 4) is 5.75 Å². The van der Waals surface area contributed by atoms with Gasteiger partial charge in [-0.2, -0.15) is 0 Å². The second kappa shape index (κ2) is 8.53. The van der Waals surface area contributed by atoms with E-state index in [1.54, 1.807) is 30.5 Å². The molecule has 0 saturated carbocycles. The smallest absolute Gasteiger partial charge is 0.337 e. The quantitative estimate of drug-likeness (QED) is 0.614. The highest BCUT2D eigenvalue weighted by Gasteiger charge is 2.17. The Bertz CT molecular complexity index is 1070. The fraction of sp³-hybridized carbons (Fsp3) is 0.100. The first-order valence-electron chi connectivity index (χ1n) is 8.32. The Labute approximate surface area is 163 Å². The lowest BCUT2D eigenvalue weighted by Gasteiger charge is -2.11. The van der Waals surface area contributed by atoms with Crippen LogP contribution in [-0.4, -0.2) is 26.5 Å². The number of nitrogens with one attached hydrogen (secondary N) is 1. The fourth-order valence-electron chi connectivity index (χ4n) is 2.41. The van der Waals surface area contributed by atoms with Crippen molar-refractivity contribution in [1.29, 1.82) is 0 Å². The SMILES string of the molecule is COC(=O)c1cccc(S(=O)(=O)Nc2cccc(OCc3ccccn3)c2)c1. The van der Waals surface area contributed by atoms with Gasteiger partial charge in [-0.25, -0.2) is 13.2 Å². The lowest BCUT2D eigenvalue weighted by molar-refractivity contribution is 0.0600. The highest BCUT2D eigenvalue weighted by atomic mass is 32.2. The van der Waals surface area contributed by atoms with Gasteiger partial charge in [0.15, 0.2) is 0 Å². The van der Waals surface area contributed by atoms with E-state index >= 15 is 0 Å². The number of hydrogen-bond donors (Lipinski definition) is 1. The Kier molecular flexibility index (Phi) is 5.90. The number of methoxy groups -OCH3 is 1. The zero-order valence-corrected chi connectivity index (χ0v) is 15.8. The summed E-state index contributed by atoms with van der Waals surface area (Å²) in [6, 6.07) is 17.7. The summed E-state index contributed by atoms with van der Waals surface area (Å²) in [5.41, 5.74) is 1.24. The van der Waals surface area contributed by atoms with Crippen molar-refractivity contribution in [3.63, 3.8) is 0 Å². The summed E-state index contributed by atoms with van der Waals surface area (Å²) in [5.74, 6) is -0.115. The third-order valence-electron chi connectivity index (χ3n) is 3.76. The minimum absolute atomic E-state index is 0.0461. The van der Waals surface area contributed by atoms with Gasteiger partial charge in [0.2, 0.25) is 0 Å². The highest BCUT2D eigenvalue weighted by molar-refractivity contribution is 7.92. The first-order valence-corrected chi connectivity index (χ1v) is 9.80. The van der Waals surface area contributed by atoms with Crippen molar-refractivity contribution in [1.82, 2.24) is 4.98 Å². The van der Waals surface area contributed by atoms with Crippen LogP contribution in [-0.2, 0) is 21.4 Å². The first-order chi connectivity index (χ1) is 13.5. The molecule has 0 bridgehead atoms. The highest BCUT2D eigenvalue weighted by Crippen LogP contribution is 2.22. The molecule has 3 aromatic rings. The summed E-state index contributed by atoms with van der Waals surface area (Å²) in [5, 5.41) is 0. The molecule has 144 valence electrons. The predicted molar refractivity (Wildman–Crippen MR) is 104 cm³/mol. The Hall–Kier alpha value is -3.39. The van der Waals surface area contributed by atoms with Crippen molar-refractivity contribution in [2.45, 2.75) is 11.5 Å². The number of carbonyl (C=O) groups excluding carboxylic acids is 1. The number of carbonyl (C=O) groups is 1. The number of ether oxygens (including phenoxy) is 2. The number of nitrogens with zero attached hydrogens (tertiary/aromatic N) is 1. The van der Waals surface area contributed by atoms with Gasteiger partial charge in [0.05, 0.1) is 29.0 Å². The van der Waals surface area contributed by atoms with Crippen LogP contribution in [0.15, 0.2) is 77.8 Å². The molecule has 7 nitrogen and oxygen atoms in total. The average molecular weight is 398 g/mol. The maximum Gasteiger partial charge on any atom is 0.337 e. The molecule has 1 N–H and O–H groups in total. The molecule has 0 saturated heterocycles. The molecule has 0 spiro atoms. The molecular formula is C20H18N2O5S. The Morgan fingerprint density at radius 3 is 2.61 bits per heavy atom. The van der Waals surface area contributed by atoms with Crippen LogP contribution in [0.3, 0.4) is 0 Å². The molecule has 3 rings (SSSR count). The minimum atomic E-state index is -3.89. The molecule has 0 aliphatic rings. The summed E-state index contributed by atoms with van der Waals surface area (Å²) in [6.07, 6.45) is 1.67. The van der Waals surface area contributed by atoms with Crippen LogP contribution < -0.4 is 9.46 Å². The number of rotatable bonds is 7. The molecule has 8 heteroatoms. The van der Waals surface area contributed by atoms with Crippen molar-refractivity contribution in [2.24, 2.45) is 0 Å². The number of hydrogen-bond acceptors (Lipinski definition) is 6. The molecule has 1 heterocycles. The summed E-state index contributed by atoms with van der Waals surface area (Å²) >= 11 is 0. The van der Waals surface area contributed by atoms with E-state index in [1.807, 2.05) is 18.2 Å². The molecule has 0 aliphatic carbocycles. The summed E-state index contributed by atoms with van der Waals surface area (Å²) in [6.45, 7) is 0.262. The number of aromatic nitrogens is 1. The van der Waals surface area contributed by atoms with Crippen LogP contribution in [0.25, 0.3) is 0 Å². The molecule has 0 fully saturated rings. The van der Waals surface area contributed by atoms with Gasteiger partial charge in [0, 0.05) is 12.3 Å². The van der Waals surface area contributed by atoms with Crippen LogP contribution in [0.1, 0.15) is 16.1 Å². The average Bonchev–Trinajstić information content (AvgIpc) is 2.72. The van der Waals surface area contributed by atoms with Crippen molar-refractivity contribution in [3.05, 3.63) is 84.2 Å².